The van der Waals surface area contributed by atoms with Crippen molar-refractivity contribution < 1.29 is 9.13 Å². The molecule has 0 amide bonds. The molecule has 20 heavy (non-hydrogen) atoms. The van der Waals surface area contributed by atoms with Crippen molar-refractivity contribution in [1.82, 2.24) is 15.1 Å². The Morgan fingerprint density at radius 1 is 1.35 bits per heavy atom. The van der Waals surface area contributed by atoms with E-state index in [0.29, 0.717) is 23.6 Å². The van der Waals surface area contributed by atoms with E-state index in [0.717, 1.165) is 17.9 Å². The van der Waals surface area contributed by atoms with Gasteiger partial charge in [-0.25, -0.2) is 4.39 Å². The second-order valence-electron chi connectivity index (χ2n) is 4.72. The number of nitrogens with one attached hydrogen (secondary N) is 1. The first kappa shape index (κ1) is 14.5. The Hall–Kier alpha value is -1.88. The number of ether oxygens (including phenoxy) is 1. The number of halogens is 1. The second kappa shape index (κ2) is 6.05. The zero-order valence-electron chi connectivity index (χ0n) is 12.3. The quantitative estimate of drug-likeness (QED) is 0.913. The van der Waals surface area contributed by atoms with Crippen LogP contribution in [0.15, 0.2) is 18.2 Å². The van der Waals surface area contributed by atoms with E-state index in [1.165, 1.54) is 6.07 Å². The van der Waals surface area contributed by atoms with Crippen LogP contribution in [0.5, 0.6) is 11.5 Å². The van der Waals surface area contributed by atoms with Crippen LogP contribution < -0.4 is 10.1 Å². The zero-order chi connectivity index (χ0) is 14.7. The molecule has 0 aliphatic heterocycles. The minimum absolute atomic E-state index is 0.261. The van der Waals surface area contributed by atoms with Gasteiger partial charge in [0.1, 0.15) is 17.3 Å². The van der Waals surface area contributed by atoms with Gasteiger partial charge in [0.25, 0.3) is 0 Å². The van der Waals surface area contributed by atoms with Crippen molar-refractivity contribution in [2.45, 2.75) is 27.3 Å². The van der Waals surface area contributed by atoms with E-state index in [9.17, 15) is 4.39 Å². The zero-order valence-corrected chi connectivity index (χ0v) is 12.3. The predicted molar refractivity (Wildman–Crippen MR) is 76.5 cm³/mol. The highest BCUT2D eigenvalue weighted by molar-refractivity contribution is 5.41. The lowest BCUT2D eigenvalue weighted by molar-refractivity contribution is 0.456. The highest BCUT2D eigenvalue weighted by Gasteiger charge is 2.15. The fourth-order valence-electron chi connectivity index (χ4n) is 2.07. The topological polar surface area (TPSA) is 39.1 Å². The van der Waals surface area contributed by atoms with Gasteiger partial charge in [-0.05, 0) is 32.5 Å². The predicted octanol–water partition coefficient (Wildman–Crippen LogP) is 3.08. The number of rotatable bonds is 5. The van der Waals surface area contributed by atoms with Gasteiger partial charge >= 0.3 is 0 Å². The number of hydrogen-bond acceptors (Lipinski definition) is 3. The molecule has 0 fully saturated rings. The van der Waals surface area contributed by atoms with Crippen molar-refractivity contribution in [1.29, 1.82) is 0 Å². The summed E-state index contributed by atoms with van der Waals surface area (Å²) in [7, 11) is 1.86. The summed E-state index contributed by atoms with van der Waals surface area (Å²) in [5.74, 6) is 0.962. The van der Waals surface area contributed by atoms with Gasteiger partial charge in [0, 0.05) is 19.2 Å². The molecule has 108 valence electrons. The van der Waals surface area contributed by atoms with Gasteiger partial charge in [0.2, 0.25) is 0 Å². The minimum Gasteiger partial charge on any atom is -0.453 e. The second-order valence-corrected chi connectivity index (χ2v) is 4.72. The fourth-order valence-corrected chi connectivity index (χ4v) is 2.07. The molecule has 0 spiro atoms. The molecule has 2 rings (SSSR count). The molecule has 0 saturated heterocycles. The molecule has 0 aliphatic rings. The molecule has 4 nitrogen and oxygen atoms in total. The maximum atomic E-state index is 13.9. The standard InChI is InChI=1S/C15H20FN3O/c1-5-17-9-12-13(16)7-6-8-14(12)20-15-10(2)18-19(4)11(15)3/h6-8,17H,5,9H2,1-4H3. The van der Waals surface area contributed by atoms with Gasteiger partial charge < -0.3 is 10.1 Å². The smallest absolute Gasteiger partial charge is 0.171 e. The van der Waals surface area contributed by atoms with Crippen molar-refractivity contribution in [3.8, 4) is 11.5 Å². The van der Waals surface area contributed by atoms with Crippen LogP contribution in [-0.4, -0.2) is 16.3 Å². The van der Waals surface area contributed by atoms with Gasteiger partial charge in [0.15, 0.2) is 5.75 Å². The van der Waals surface area contributed by atoms with Crippen molar-refractivity contribution in [3.05, 3.63) is 41.0 Å². The summed E-state index contributed by atoms with van der Waals surface area (Å²) in [6, 6.07) is 4.88. The lowest BCUT2D eigenvalue weighted by Gasteiger charge is -2.12. The molecule has 0 radical (unpaired) electrons. The minimum atomic E-state index is -0.261. The SMILES string of the molecule is CCNCc1c(F)cccc1Oc1c(C)nn(C)c1C. The summed E-state index contributed by atoms with van der Waals surface area (Å²) < 4.78 is 21.6. The number of benzene rings is 1. The van der Waals surface area contributed by atoms with Gasteiger partial charge in [-0.1, -0.05) is 13.0 Å². The van der Waals surface area contributed by atoms with Crippen LogP contribution in [0.1, 0.15) is 23.9 Å². The average Bonchev–Trinajstić information content (AvgIpc) is 2.65. The van der Waals surface area contributed by atoms with Gasteiger partial charge in [-0.15, -0.1) is 0 Å². The van der Waals surface area contributed by atoms with Crippen molar-refractivity contribution in [2.24, 2.45) is 7.05 Å². The molecule has 1 aromatic carbocycles. The molecule has 0 aliphatic carbocycles. The highest BCUT2D eigenvalue weighted by atomic mass is 19.1. The van der Waals surface area contributed by atoms with Crippen LogP contribution in [0.3, 0.4) is 0 Å². The molecule has 5 heteroatoms. The summed E-state index contributed by atoms with van der Waals surface area (Å²) in [5, 5.41) is 7.43. The monoisotopic (exact) mass is 277 g/mol. The van der Waals surface area contributed by atoms with Gasteiger partial charge in [-0.3, -0.25) is 4.68 Å². The first-order valence-electron chi connectivity index (χ1n) is 6.70. The number of nitrogens with zero attached hydrogens (tertiary/aromatic N) is 2. The Kier molecular flexibility index (Phi) is 4.39. The summed E-state index contributed by atoms with van der Waals surface area (Å²) in [5.41, 5.74) is 2.25. The van der Waals surface area contributed by atoms with E-state index < -0.39 is 0 Å². The summed E-state index contributed by atoms with van der Waals surface area (Å²) in [4.78, 5) is 0. The largest absolute Gasteiger partial charge is 0.453 e. The normalized spacial score (nSPS) is 10.8. The maximum absolute atomic E-state index is 13.9. The van der Waals surface area contributed by atoms with Crippen LogP contribution in [0, 0.1) is 19.7 Å². The molecule has 0 saturated carbocycles. The van der Waals surface area contributed by atoms with E-state index in [-0.39, 0.29) is 5.82 Å². The van der Waals surface area contributed by atoms with Crippen LogP contribution in [0.4, 0.5) is 4.39 Å². The Morgan fingerprint density at radius 3 is 2.70 bits per heavy atom. The molecule has 0 bridgehead atoms. The molecular weight excluding hydrogens is 257 g/mol. The third-order valence-corrected chi connectivity index (χ3v) is 3.28. The third-order valence-electron chi connectivity index (χ3n) is 3.28. The molecule has 0 atom stereocenters. The van der Waals surface area contributed by atoms with Crippen LogP contribution in [0.2, 0.25) is 0 Å². The van der Waals surface area contributed by atoms with E-state index in [4.69, 9.17) is 4.74 Å². The summed E-state index contributed by atoms with van der Waals surface area (Å²) in [6.45, 7) is 7.01. The molecule has 1 N–H and O–H groups in total. The molecule has 2 aromatic rings. The number of aromatic nitrogens is 2. The Labute approximate surface area is 118 Å². The van der Waals surface area contributed by atoms with Gasteiger partial charge in [-0.2, -0.15) is 5.10 Å². The average molecular weight is 277 g/mol. The third kappa shape index (κ3) is 2.82. The lowest BCUT2D eigenvalue weighted by atomic mass is 10.2. The Balaban J connectivity index is 2.35. The van der Waals surface area contributed by atoms with Crippen LogP contribution in [0.25, 0.3) is 0 Å². The molecule has 1 heterocycles. The Morgan fingerprint density at radius 2 is 2.10 bits per heavy atom. The van der Waals surface area contributed by atoms with E-state index in [2.05, 4.69) is 10.4 Å². The van der Waals surface area contributed by atoms with Crippen LogP contribution >= 0.6 is 0 Å². The highest BCUT2D eigenvalue weighted by Crippen LogP contribution is 2.31. The number of aryl methyl sites for hydroxylation is 2. The first-order chi connectivity index (χ1) is 9.54. The Bertz CT molecular complexity index is 607. The van der Waals surface area contributed by atoms with E-state index in [1.54, 1.807) is 16.8 Å². The lowest BCUT2D eigenvalue weighted by Crippen LogP contribution is -2.13. The van der Waals surface area contributed by atoms with Gasteiger partial charge in [0.05, 0.1) is 5.69 Å². The number of hydrogen-bond donors (Lipinski definition) is 1. The summed E-state index contributed by atoms with van der Waals surface area (Å²) >= 11 is 0. The maximum Gasteiger partial charge on any atom is 0.171 e. The van der Waals surface area contributed by atoms with E-state index >= 15 is 0 Å². The van der Waals surface area contributed by atoms with Crippen LogP contribution in [-0.2, 0) is 13.6 Å². The summed E-state index contributed by atoms with van der Waals surface area (Å²) in [6.07, 6.45) is 0. The molecule has 1 aromatic heterocycles. The molecule has 0 unspecified atom stereocenters. The van der Waals surface area contributed by atoms with Crippen molar-refractivity contribution >= 4 is 0 Å². The molecular formula is C15H20FN3O. The van der Waals surface area contributed by atoms with Crippen molar-refractivity contribution in [3.63, 3.8) is 0 Å². The van der Waals surface area contributed by atoms with E-state index in [1.807, 2.05) is 27.8 Å². The first-order valence-corrected chi connectivity index (χ1v) is 6.70. The van der Waals surface area contributed by atoms with Crippen molar-refractivity contribution in [2.75, 3.05) is 6.54 Å². The fraction of sp³-hybridized carbons (Fsp3) is 0.400.